The van der Waals surface area contributed by atoms with Gasteiger partial charge in [-0.2, -0.15) is 0 Å². The van der Waals surface area contributed by atoms with Gasteiger partial charge in [-0.25, -0.2) is 0 Å². The molecule has 4 heteroatoms. The molecule has 0 saturated heterocycles. The quantitative estimate of drug-likeness (QED) is 0.383. The summed E-state index contributed by atoms with van der Waals surface area (Å²) in [6, 6.07) is 0. The minimum absolute atomic E-state index is 0. The summed E-state index contributed by atoms with van der Waals surface area (Å²) >= 11 is 8.35. The van der Waals surface area contributed by atoms with Gasteiger partial charge in [-0.1, -0.05) is 12.2 Å². The van der Waals surface area contributed by atoms with Crippen molar-refractivity contribution in [2.24, 2.45) is 0 Å². The molecule has 0 aromatic rings. The van der Waals surface area contributed by atoms with Crippen LogP contribution in [0.3, 0.4) is 0 Å². The van der Waals surface area contributed by atoms with Crippen molar-refractivity contribution in [1.82, 2.24) is 5.32 Å². The Morgan fingerprint density at radius 3 is 2.29 bits per heavy atom. The van der Waals surface area contributed by atoms with Crippen molar-refractivity contribution in [3.8, 4) is 0 Å². The van der Waals surface area contributed by atoms with Gasteiger partial charge in [-0.15, -0.1) is 12.6 Å². The molecular formula is C3H9NS2Te. The van der Waals surface area contributed by atoms with Gasteiger partial charge >= 0.3 is 23.7 Å². The molecule has 0 aliphatic rings. The van der Waals surface area contributed by atoms with E-state index in [-0.39, 0.29) is 23.7 Å². The predicted octanol–water partition coefficient (Wildman–Crippen LogP) is -0.106. The van der Waals surface area contributed by atoms with Crippen molar-refractivity contribution in [2.45, 2.75) is 6.92 Å². The van der Waals surface area contributed by atoms with Gasteiger partial charge in [-0.3, -0.25) is 0 Å². The average Bonchev–Trinajstić information content (AvgIpc) is 1.35. The third-order valence-electron chi connectivity index (χ3n) is 0.328. The summed E-state index contributed by atoms with van der Waals surface area (Å²) in [6.45, 7) is 2.84. The molecule has 0 unspecified atom stereocenters. The fraction of sp³-hybridized carbons (Fsp3) is 0.667. The SMILES string of the molecule is CCNC(=S)S.[TeH2]. The van der Waals surface area contributed by atoms with Crippen LogP contribution in [-0.4, -0.2) is 34.5 Å². The third-order valence-corrected chi connectivity index (χ3v) is 0.630. The summed E-state index contributed by atoms with van der Waals surface area (Å²) in [5, 5.41) is 2.80. The van der Waals surface area contributed by atoms with Gasteiger partial charge in [0.2, 0.25) is 0 Å². The maximum atomic E-state index is 4.55. The summed E-state index contributed by atoms with van der Waals surface area (Å²) in [4.78, 5) is 0. The molecule has 1 N–H and O–H groups in total. The molecule has 0 aromatic heterocycles. The first-order valence-corrected chi connectivity index (χ1v) is 2.59. The zero-order chi connectivity index (χ0) is 4.99. The van der Waals surface area contributed by atoms with Gasteiger partial charge in [0.25, 0.3) is 0 Å². The summed E-state index contributed by atoms with van der Waals surface area (Å²) in [7, 11) is 0. The zero-order valence-corrected chi connectivity index (χ0v) is 8.63. The molecule has 0 heterocycles. The first kappa shape index (κ1) is 10.9. The standard InChI is InChI=1S/C3H7NS2.H2Te/c1-2-4-3(5)6;/h2H2,1H3,(H2,4,5,6);1H2. The van der Waals surface area contributed by atoms with Crippen LogP contribution >= 0.6 is 24.8 Å². The summed E-state index contributed by atoms with van der Waals surface area (Å²) in [6.07, 6.45) is 0. The van der Waals surface area contributed by atoms with E-state index in [1.165, 1.54) is 0 Å². The van der Waals surface area contributed by atoms with E-state index < -0.39 is 0 Å². The molecule has 0 radical (unpaired) electrons. The number of thiocarbonyl (C=S) groups is 1. The average molecular weight is 251 g/mol. The van der Waals surface area contributed by atoms with E-state index >= 15 is 0 Å². The van der Waals surface area contributed by atoms with E-state index in [0.29, 0.717) is 4.32 Å². The molecule has 0 amide bonds. The topological polar surface area (TPSA) is 12.0 Å². The van der Waals surface area contributed by atoms with Crippen LogP contribution in [0.2, 0.25) is 0 Å². The zero-order valence-electron chi connectivity index (χ0n) is 4.06. The van der Waals surface area contributed by atoms with E-state index in [4.69, 9.17) is 0 Å². The van der Waals surface area contributed by atoms with Crippen LogP contribution in [-0.2, 0) is 0 Å². The van der Waals surface area contributed by atoms with Crippen molar-refractivity contribution in [1.29, 1.82) is 0 Å². The van der Waals surface area contributed by atoms with E-state index in [0.717, 1.165) is 6.54 Å². The molecule has 0 saturated carbocycles. The fourth-order valence-corrected chi connectivity index (χ4v) is 0.454. The van der Waals surface area contributed by atoms with Gasteiger partial charge in [0.05, 0.1) is 0 Å². The van der Waals surface area contributed by atoms with Gasteiger partial charge in [0.1, 0.15) is 4.32 Å². The first-order valence-electron chi connectivity index (χ1n) is 1.74. The number of hydrogen-bond donors (Lipinski definition) is 2. The molecule has 0 fully saturated rings. The van der Waals surface area contributed by atoms with Crippen LogP contribution < -0.4 is 5.32 Å². The molecule has 0 aliphatic heterocycles. The Hall–Kier alpha value is 1.03. The number of thiol groups is 1. The normalized spacial score (nSPS) is 6.57. The molecule has 0 aliphatic carbocycles. The summed E-state index contributed by atoms with van der Waals surface area (Å²) in [5.74, 6) is 0. The van der Waals surface area contributed by atoms with E-state index in [1.54, 1.807) is 0 Å². The Morgan fingerprint density at radius 2 is 2.29 bits per heavy atom. The first-order chi connectivity index (χ1) is 2.77. The fourth-order valence-electron chi connectivity index (χ4n) is 0.151. The monoisotopic (exact) mass is 253 g/mol. The van der Waals surface area contributed by atoms with Crippen LogP contribution in [0.25, 0.3) is 0 Å². The Labute approximate surface area is 71.4 Å². The van der Waals surface area contributed by atoms with E-state index in [2.05, 4.69) is 30.2 Å². The van der Waals surface area contributed by atoms with Gasteiger partial charge in [-0.05, 0) is 6.92 Å². The Morgan fingerprint density at radius 1 is 1.86 bits per heavy atom. The Bertz CT molecular complexity index is 56.9. The van der Waals surface area contributed by atoms with Crippen LogP contribution in [0, 0.1) is 0 Å². The number of nitrogens with one attached hydrogen (secondary N) is 1. The number of hydrogen-bond acceptors (Lipinski definition) is 1. The van der Waals surface area contributed by atoms with Gasteiger partial charge in [0, 0.05) is 6.54 Å². The van der Waals surface area contributed by atoms with Crippen molar-refractivity contribution in [3.05, 3.63) is 0 Å². The van der Waals surface area contributed by atoms with Gasteiger partial charge < -0.3 is 5.32 Å². The Kier molecular flexibility index (Phi) is 11.0. The van der Waals surface area contributed by atoms with Crippen LogP contribution in [0.5, 0.6) is 0 Å². The van der Waals surface area contributed by atoms with Crippen LogP contribution in [0.15, 0.2) is 0 Å². The predicted molar refractivity (Wildman–Crippen MR) is 43.8 cm³/mol. The molecule has 0 atom stereocenters. The second-order valence-electron chi connectivity index (χ2n) is 0.835. The third kappa shape index (κ3) is 11.0. The molecule has 0 bridgehead atoms. The Balaban J connectivity index is 0. The minimum atomic E-state index is 0. The van der Waals surface area contributed by atoms with E-state index in [9.17, 15) is 0 Å². The van der Waals surface area contributed by atoms with E-state index in [1.807, 2.05) is 6.92 Å². The molecule has 0 rings (SSSR count). The van der Waals surface area contributed by atoms with Crippen LogP contribution in [0.1, 0.15) is 6.92 Å². The van der Waals surface area contributed by atoms with Crippen molar-refractivity contribution in [3.63, 3.8) is 0 Å². The second-order valence-corrected chi connectivity index (χ2v) is 1.99. The molecule has 0 aromatic carbocycles. The number of rotatable bonds is 1. The molecule has 7 heavy (non-hydrogen) atoms. The molecule has 44 valence electrons. The summed E-state index contributed by atoms with van der Waals surface area (Å²) < 4.78 is 0.567. The van der Waals surface area contributed by atoms with Crippen molar-refractivity contribution >= 4 is 52.8 Å². The second kappa shape index (κ2) is 7.03. The van der Waals surface area contributed by atoms with Crippen molar-refractivity contribution < 1.29 is 0 Å². The van der Waals surface area contributed by atoms with Gasteiger partial charge in [0.15, 0.2) is 0 Å². The summed E-state index contributed by atoms with van der Waals surface area (Å²) in [5.41, 5.74) is 0. The van der Waals surface area contributed by atoms with Crippen LogP contribution in [0.4, 0.5) is 0 Å². The molecular weight excluding hydrogens is 242 g/mol. The maximum absolute atomic E-state index is 4.55. The molecule has 1 nitrogen and oxygen atoms in total. The van der Waals surface area contributed by atoms with Crippen molar-refractivity contribution in [2.75, 3.05) is 6.54 Å². The molecule has 0 spiro atoms.